The molecule has 0 unspecified atom stereocenters. The Labute approximate surface area is 92.0 Å². The van der Waals surface area contributed by atoms with E-state index in [4.69, 9.17) is 5.73 Å². The number of nitrogens with two attached hydrogens (primary N) is 1. The summed E-state index contributed by atoms with van der Waals surface area (Å²) in [6, 6.07) is 0.767. The van der Waals surface area contributed by atoms with Crippen molar-refractivity contribution in [2.45, 2.75) is 56.5 Å². The number of piperidine rings is 1. The average molecular weight is 214 g/mol. The highest BCUT2D eigenvalue weighted by atomic mass is 19.1. The molecule has 0 atom stereocenters. The predicted molar refractivity (Wildman–Crippen MR) is 60.6 cm³/mol. The molecule has 2 fully saturated rings. The number of halogens is 1. The zero-order chi connectivity index (χ0) is 10.7. The topological polar surface area (TPSA) is 29.3 Å². The Morgan fingerprint density at radius 3 is 2.27 bits per heavy atom. The zero-order valence-corrected chi connectivity index (χ0v) is 9.55. The van der Waals surface area contributed by atoms with E-state index in [-0.39, 0.29) is 6.67 Å². The van der Waals surface area contributed by atoms with E-state index in [0.29, 0.717) is 0 Å². The van der Waals surface area contributed by atoms with Crippen LogP contribution in [0.25, 0.3) is 0 Å². The summed E-state index contributed by atoms with van der Waals surface area (Å²) in [6.07, 6.45) is 8.49. The van der Waals surface area contributed by atoms with E-state index in [9.17, 15) is 4.39 Å². The zero-order valence-electron chi connectivity index (χ0n) is 9.55. The molecule has 1 saturated carbocycles. The van der Waals surface area contributed by atoms with Gasteiger partial charge in [0, 0.05) is 24.7 Å². The van der Waals surface area contributed by atoms with E-state index in [2.05, 4.69) is 4.90 Å². The summed E-state index contributed by atoms with van der Waals surface area (Å²) < 4.78 is 12.7. The molecule has 3 heteroatoms. The van der Waals surface area contributed by atoms with E-state index in [0.717, 1.165) is 32.0 Å². The minimum atomic E-state index is -0.509. The second kappa shape index (κ2) is 4.79. The number of likely N-dealkylation sites (tertiary alicyclic amines) is 1. The standard InChI is InChI=1S/C12H23FN2/c13-10-12(14)6-8-15(9-7-12)11-4-2-1-3-5-11/h11H,1-10,14H2. The van der Waals surface area contributed by atoms with Gasteiger partial charge in [-0.05, 0) is 25.7 Å². The summed E-state index contributed by atoms with van der Waals surface area (Å²) in [6.45, 7) is 1.65. The van der Waals surface area contributed by atoms with Gasteiger partial charge >= 0.3 is 0 Å². The van der Waals surface area contributed by atoms with Gasteiger partial charge in [0.2, 0.25) is 0 Å². The Hall–Kier alpha value is -0.150. The van der Waals surface area contributed by atoms with Gasteiger partial charge in [0.25, 0.3) is 0 Å². The van der Waals surface area contributed by atoms with Crippen LogP contribution in [-0.4, -0.2) is 36.2 Å². The Bertz CT molecular complexity index is 194. The maximum absolute atomic E-state index is 12.7. The summed E-state index contributed by atoms with van der Waals surface area (Å²) in [5, 5.41) is 0. The number of hydrogen-bond donors (Lipinski definition) is 1. The molecule has 2 rings (SSSR count). The van der Waals surface area contributed by atoms with Gasteiger partial charge < -0.3 is 10.6 Å². The number of nitrogens with zero attached hydrogens (tertiary/aromatic N) is 1. The third-order valence-corrected chi connectivity index (χ3v) is 4.15. The molecule has 0 bridgehead atoms. The second-order valence-corrected chi connectivity index (χ2v) is 5.32. The summed E-state index contributed by atoms with van der Waals surface area (Å²) in [4.78, 5) is 2.54. The molecule has 1 aliphatic carbocycles. The molecule has 0 amide bonds. The Morgan fingerprint density at radius 2 is 1.73 bits per heavy atom. The minimum Gasteiger partial charge on any atom is -0.323 e. The van der Waals surface area contributed by atoms with Crippen molar-refractivity contribution in [3.63, 3.8) is 0 Å². The van der Waals surface area contributed by atoms with Crippen LogP contribution in [0, 0.1) is 0 Å². The molecule has 88 valence electrons. The monoisotopic (exact) mass is 214 g/mol. The lowest BCUT2D eigenvalue weighted by Crippen LogP contribution is -2.54. The SMILES string of the molecule is NC1(CF)CCN(C2CCCCC2)CC1. The molecule has 1 aliphatic heterocycles. The average Bonchev–Trinajstić information content (AvgIpc) is 2.31. The van der Waals surface area contributed by atoms with E-state index >= 15 is 0 Å². The van der Waals surface area contributed by atoms with Crippen LogP contribution in [0.4, 0.5) is 4.39 Å². The minimum absolute atomic E-state index is 0.356. The van der Waals surface area contributed by atoms with Gasteiger partial charge in [0.05, 0.1) is 0 Å². The maximum atomic E-state index is 12.7. The fourth-order valence-corrected chi connectivity index (χ4v) is 2.91. The van der Waals surface area contributed by atoms with Crippen LogP contribution in [0.3, 0.4) is 0 Å². The Kier molecular flexibility index (Phi) is 3.62. The molecule has 15 heavy (non-hydrogen) atoms. The van der Waals surface area contributed by atoms with Gasteiger partial charge in [0.15, 0.2) is 0 Å². The normalized spacial score (nSPS) is 29.2. The lowest BCUT2D eigenvalue weighted by atomic mass is 9.87. The van der Waals surface area contributed by atoms with Crippen molar-refractivity contribution in [2.75, 3.05) is 19.8 Å². The molecule has 1 saturated heterocycles. The van der Waals surface area contributed by atoms with Crippen molar-refractivity contribution in [1.82, 2.24) is 4.90 Å². The van der Waals surface area contributed by atoms with Crippen LogP contribution >= 0.6 is 0 Å². The van der Waals surface area contributed by atoms with Crippen LogP contribution in [0.2, 0.25) is 0 Å². The first-order valence-electron chi connectivity index (χ1n) is 6.32. The van der Waals surface area contributed by atoms with Crippen LogP contribution < -0.4 is 5.73 Å². The van der Waals surface area contributed by atoms with Gasteiger partial charge in [0.1, 0.15) is 6.67 Å². The number of alkyl halides is 1. The first-order valence-corrected chi connectivity index (χ1v) is 6.32. The van der Waals surface area contributed by atoms with E-state index in [1.165, 1.54) is 32.1 Å². The molecule has 0 aromatic heterocycles. The van der Waals surface area contributed by atoms with Crippen LogP contribution in [-0.2, 0) is 0 Å². The molecule has 0 aromatic carbocycles. The number of hydrogen-bond acceptors (Lipinski definition) is 2. The van der Waals surface area contributed by atoms with Crippen LogP contribution in [0.5, 0.6) is 0 Å². The third-order valence-electron chi connectivity index (χ3n) is 4.15. The largest absolute Gasteiger partial charge is 0.323 e. The van der Waals surface area contributed by atoms with Crippen molar-refractivity contribution >= 4 is 0 Å². The van der Waals surface area contributed by atoms with E-state index in [1.54, 1.807) is 0 Å². The summed E-state index contributed by atoms with van der Waals surface area (Å²) in [5.74, 6) is 0. The maximum Gasteiger partial charge on any atom is 0.107 e. The van der Waals surface area contributed by atoms with Crippen molar-refractivity contribution in [2.24, 2.45) is 5.73 Å². The molecule has 0 spiro atoms. The first-order chi connectivity index (χ1) is 7.23. The van der Waals surface area contributed by atoms with Crippen molar-refractivity contribution in [3.8, 4) is 0 Å². The number of rotatable bonds is 2. The molecule has 2 N–H and O–H groups in total. The molecular formula is C12H23FN2. The van der Waals surface area contributed by atoms with E-state index in [1.807, 2.05) is 0 Å². The van der Waals surface area contributed by atoms with Gasteiger partial charge in [-0.1, -0.05) is 19.3 Å². The van der Waals surface area contributed by atoms with Gasteiger partial charge in [-0.2, -0.15) is 0 Å². The predicted octanol–water partition coefficient (Wildman–Crippen LogP) is 2.08. The van der Waals surface area contributed by atoms with Gasteiger partial charge in [-0.25, -0.2) is 4.39 Å². The molecule has 2 nitrogen and oxygen atoms in total. The smallest absolute Gasteiger partial charge is 0.107 e. The Balaban J connectivity index is 1.82. The van der Waals surface area contributed by atoms with Gasteiger partial charge in [-0.15, -0.1) is 0 Å². The molecule has 2 aliphatic rings. The third kappa shape index (κ3) is 2.70. The van der Waals surface area contributed by atoms with Crippen molar-refractivity contribution in [1.29, 1.82) is 0 Å². The molecule has 0 radical (unpaired) electrons. The lowest BCUT2D eigenvalue weighted by Gasteiger charge is -2.42. The molecule has 0 aromatic rings. The summed E-state index contributed by atoms with van der Waals surface area (Å²) in [7, 11) is 0. The highest BCUT2D eigenvalue weighted by Crippen LogP contribution is 2.27. The summed E-state index contributed by atoms with van der Waals surface area (Å²) in [5.41, 5.74) is 5.44. The van der Waals surface area contributed by atoms with Crippen LogP contribution in [0.1, 0.15) is 44.9 Å². The van der Waals surface area contributed by atoms with Crippen molar-refractivity contribution < 1.29 is 4.39 Å². The highest BCUT2D eigenvalue weighted by Gasteiger charge is 2.33. The first kappa shape index (κ1) is 11.3. The van der Waals surface area contributed by atoms with E-state index < -0.39 is 5.54 Å². The van der Waals surface area contributed by atoms with Gasteiger partial charge in [-0.3, -0.25) is 0 Å². The van der Waals surface area contributed by atoms with Crippen molar-refractivity contribution in [3.05, 3.63) is 0 Å². The van der Waals surface area contributed by atoms with Crippen LogP contribution in [0.15, 0.2) is 0 Å². The summed E-state index contributed by atoms with van der Waals surface area (Å²) >= 11 is 0. The quantitative estimate of drug-likeness (QED) is 0.762. The Morgan fingerprint density at radius 1 is 1.13 bits per heavy atom. The highest BCUT2D eigenvalue weighted by molar-refractivity contribution is 4.92. The lowest BCUT2D eigenvalue weighted by molar-refractivity contribution is 0.0847. The second-order valence-electron chi connectivity index (χ2n) is 5.32. The fourth-order valence-electron chi connectivity index (χ4n) is 2.91. The molecular weight excluding hydrogens is 191 g/mol. The fraction of sp³-hybridized carbons (Fsp3) is 1.00. The molecule has 1 heterocycles.